The van der Waals surface area contributed by atoms with Crippen LogP contribution in [0, 0.1) is 0 Å². The molecule has 1 heterocycles. The van der Waals surface area contributed by atoms with E-state index in [0.717, 1.165) is 6.42 Å². The molecule has 2 aliphatic carbocycles. The van der Waals surface area contributed by atoms with Gasteiger partial charge in [-0.2, -0.15) is 0 Å². The molecule has 3 aliphatic rings. The number of hydrogen-bond acceptors (Lipinski definition) is 0. The normalized spacial score (nSPS) is 26.1. The van der Waals surface area contributed by atoms with Crippen molar-refractivity contribution in [1.29, 1.82) is 0 Å². The van der Waals surface area contributed by atoms with E-state index in [2.05, 4.69) is 65.8 Å². The Hall–Kier alpha value is -1.92. The Kier molecular flexibility index (Phi) is 4.60. The van der Waals surface area contributed by atoms with E-state index in [0.29, 0.717) is 0 Å². The average Bonchev–Trinajstić information content (AvgIpc) is 2.86. The lowest BCUT2D eigenvalue weighted by molar-refractivity contribution is -0.566. The maximum Gasteiger partial charge on any atom is 0.293 e. The molecule has 24 heavy (non-hydrogen) atoms. The molecule has 0 unspecified atom stereocenters. The Morgan fingerprint density at radius 3 is 2.54 bits per heavy atom. The molecule has 0 saturated heterocycles. The molecule has 1 aliphatic heterocycles. The van der Waals surface area contributed by atoms with Crippen LogP contribution in [0.15, 0.2) is 35.9 Å². The van der Waals surface area contributed by atoms with Gasteiger partial charge in [0, 0.05) is 18.4 Å². The molecule has 0 radical (unpaired) electrons. The minimum atomic E-state index is -0.178. The van der Waals surface area contributed by atoms with Crippen LogP contribution in [-0.4, -0.2) is 36.3 Å². The highest BCUT2D eigenvalue weighted by molar-refractivity contribution is 6.02. The number of nitrogens with zero attached hydrogens (tertiary/aromatic N) is 2. The fourth-order valence-corrected chi connectivity index (χ4v) is 5.04. The Labute approximate surface area is 146 Å². The molecule has 126 valence electrons. The van der Waals surface area contributed by atoms with E-state index < -0.39 is 0 Å². The Morgan fingerprint density at radius 1 is 1.12 bits per heavy atom. The van der Waals surface area contributed by atoms with Gasteiger partial charge in [0.25, 0.3) is 12.9 Å². The minimum absolute atomic E-state index is 0.178. The molecule has 1 fully saturated rings. The van der Waals surface area contributed by atoms with E-state index in [1.165, 1.54) is 43.2 Å². The summed E-state index contributed by atoms with van der Waals surface area (Å²) in [6.07, 6.45) is 14.5. The summed E-state index contributed by atoms with van der Waals surface area (Å²) in [6.45, 7) is 7.77. The summed E-state index contributed by atoms with van der Waals surface area (Å²) in [7, 11) is 2.26. The molecule has 1 atom stereocenters. The van der Waals surface area contributed by atoms with Crippen molar-refractivity contribution in [1.82, 2.24) is 4.67 Å². The lowest BCUT2D eigenvalue weighted by Gasteiger charge is -2.35. The standard InChI is InChI=1S/C20H24N2.C2H6/c1-21-14-19-15-22(2)20(12-6-3-7-13-20)18(19)11-10-16-8-4-5-9-17(16)19;1-2/h4-5,8-9,11,14-15H,1,3,6-7,10,12-13H2,2H3;1-2H3/q+2;/t19-;/m0./s1. The third-order valence-electron chi connectivity index (χ3n) is 5.98. The van der Waals surface area contributed by atoms with Crippen LogP contribution < -0.4 is 4.67 Å². The van der Waals surface area contributed by atoms with Crippen molar-refractivity contribution in [2.24, 2.45) is 0 Å². The Bertz CT molecular complexity index is 728. The molecule has 0 N–H and O–H groups in total. The van der Waals surface area contributed by atoms with Crippen molar-refractivity contribution in [2.45, 2.75) is 63.3 Å². The van der Waals surface area contributed by atoms with Gasteiger partial charge in [-0.15, -0.1) is 4.67 Å². The zero-order valence-corrected chi connectivity index (χ0v) is 15.4. The van der Waals surface area contributed by atoms with Crippen LogP contribution in [0.25, 0.3) is 0 Å². The monoisotopic (exact) mass is 322 g/mol. The first-order chi connectivity index (χ1) is 11.7. The van der Waals surface area contributed by atoms with E-state index in [4.69, 9.17) is 0 Å². The summed E-state index contributed by atoms with van der Waals surface area (Å²) in [4.78, 5) is 0. The molecular weight excluding hydrogens is 292 g/mol. The lowest BCUT2D eigenvalue weighted by Crippen LogP contribution is -2.45. The zero-order valence-electron chi connectivity index (χ0n) is 15.4. The van der Waals surface area contributed by atoms with Crippen LogP contribution in [0.4, 0.5) is 0 Å². The van der Waals surface area contributed by atoms with Crippen molar-refractivity contribution in [2.75, 3.05) is 7.05 Å². The molecule has 1 aromatic rings. The highest BCUT2D eigenvalue weighted by Crippen LogP contribution is 2.51. The molecular formula is C22H30N2+2. The van der Waals surface area contributed by atoms with Gasteiger partial charge in [0.05, 0.1) is 0 Å². The second-order valence-electron chi connectivity index (χ2n) is 6.99. The summed E-state index contributed by atoms with van der Waals surface area (Å²) >= 11 is 0. The minimum Gasteiger partial charge on any atom is -0.231 e. The van der Waals surface area contributed by atoms with Crippen LogP contribution in [0.3, 0.4) is 0 Å². The number of rotatable bonds is 1. The summed E-state index contributed by atoms with van der Waals surface area (Å²) in [5.41, 5.74) is 4.39. The zero-order chi connectivity index (χ0) is 17.2. The SMILES string of the molecule is C=[N+]=C[C@@]12C=[N+](C)C3(CCCCC3)C1=CCc1ccccc12.CC. The summed E-state index contributed by atoms with van der Waals surface area (Å²) in [5, 5.41) is 0. The summed E-state index contributed by atoms with van der Waals surface area (Å²) in [5.74, 6) is 0. The van der Waals surface area contributed by atoms with Gasteiger partial charge in [0.1, 0.15) is 7.05 Å². The topological polar surface area (TPSA) is 17.1 Å². The van der Waals surface area contributed by atoms with Crippen LogP contribution in [0.1, 0.15) is 57.1 Å². The fourth-order valence-electron chi connectivity index (χ4n) is 5.04. The van der Waals surface area contributed by atoms with E-state index in [9.17, 15) is 0 Å². The number of allylic oxidation sites excluding steroid dienone is 1. The van der Waals surface area contributed by atoms with Gasteiger partial charge in [0.2, 0.25) is 0 Å². The Balaban J connectivity index is 0.000000815. The van der Waals surface area contributed by atoms with Crippen molar-refractivity contribution < 1.29 is 4.58 Å². The van der Waals surface area contributed by atoms with Crippen molar-refractivity contribution in [3.05, 3.63) is 47.0 Å². The number of hydrogen-bond donors (Lipinski definition) is 0. The lowest BCUT2D eigenvalue weighted by atomic mass is 9.63. The number of fused-ring (bicyclic) bond motifs is 4. The van der Waals surface area contributed by atoms with Crippen LogP contribution >= 0.6 is 0 Å². The van der Waals surface area contributed by atoms with Crippen LogP contribution in [-0.2, 0) is 11.8 Å². The van der Waals surface area contributed by atoms with Gasteiger partial charge in [-0.1, -0.05) is 50.6 Å². The first-order valence-corrected chi connectivity index (χ1v) is 9.42. The van der Waals surface area contributed by atoms with Crippen LogP contribution in [0.2, 0.25) is 0 Å². The van der Waals surface area contributed by atoms with Crippen molar-refractivity contribution in [3.63, 3.8) is 0 Å². The van der Waals surface area contributed by atoms with Gasteiger partial charge in [0.15, 0.2) is 17.2 Å². The van der Waals surface area contributed by atoms with Crippen molar-refractivity contribution >= 4 is 19.1 Å². The molecule has 0 bridgehead atoms. The van der Waals surface area contributed by atoms with Gasteiger partial charge in [-0.05, 0) is 30.4 Å². The van der Waals surface area contributed by atoms with E-state index in [1.807, 2.05) is 13.8 Å². The smallest absolute Gasteiger partial charge is 0.231 e. The van der Waals surface area contributed by atoms with E-state index >= 15 is 0 Å². The van der Waals surface area contributed by atoms with Crippen molar-refractivity contribution in [3.8, 4) is 0 Å². The average molecular weight is 322 g/mol. The second-order valence-corrected chi connectivity index (χ2v) is 6.99. The molecule has 1 spiro atoms. The quantitative estimate of drug-likeness (QED) is 0.325. The molecule has 1 saturated carbocycles. The third-order valence-corrected chi connectivity index (χ3v) is 5.98. The first-order valence-electron chi connectivity index (χ1n) is 9.42. The highest BCUT2D eigenvalue weighted by atomic mass is 15.1. The summed E-state index contributed by atoms with van der Waals surface area (Å²) < 4.78 is 6.72. The number of likely N-dealkylation sites (N-methyl/N-ethyl adjacent to an activating group) is 1. The third kappa shape index (κ3) is 2.24. The molecule has 4 rings (SSSR count). The van der Waals surface area contributed by atoms with Gasteiger partial charge in [-0.25, -0.2) is 4.58 Å². The Morgan fingerprint density at radius 2 is 1.83 bits per heavy atom. The second kappa shape index (κ2) is 6.53. The van der Waals surface area contributed by atoms with Gasteiger partial charge < -0.3 is 0 Å². The molecule has 2 heteroatoms. The first kappa shape index (κ1) is 16.9. The predicted octanol–water partition coefficient (Wildman–Crippen LogP) is 3.70. The highest BCUT2D eigenvalue weighted by Gasteiger charge is 2.62. The van der Waals surface area contributed by atoms with Gasteiger partial charge in [-0.3, -0.25) is 0 Å². The molecule has 1 aromatic carbocycles. The molecule has 0 aromatic heterocycles. The molecule has 0 amide bonds. The van der Waals surface area contributed by atoms with Crippen LogP contribution in [0.5, 0.6) is 0 Å². The van der Waals surface area contributed by atoms with E-state index in [1.54, 1.807) is 5.57 Å². The largest absolute Gasteiger partial charge is 0.293 e. The maximum absolute atomic E-state index is 4.23. The fraction of sp³-hybridized carbons (Fsp3) is 0.500. The summed E-state index contributed by atoms with van der Waals surface area (Å²) in [6, 6.07) is 8.82. The maximum atomic E-state index is 4.23. The number of benzene rings is 1. The molecule has 2 nitrogen and oxygen atoms in total. The predicted molar refractivity (Wildman–Crippen MR) is 105 cm³/mol. The van der Waals surface area contributed by atoms with E-state index in [-0.39, 0.29) is 11.0 Å². The van der Waals surface area contributed by atoms with Gasteiger partial charge >= 0.3 is 0 Å².